The van der Waals surface area contributed by atoms with E-state index in [4.69, 9.17) is 4.74 Å². The lowest BCUT2D eigenvalue weighted by molar-refractivity contribution is 0.0945. The molecule has 3 aliphatic rings. The van der Waals surface area contributed by atoms with Crippen molar-refractivity contribution < 1.29 is 9.53 Å². The average molecular weight is 394 g/mol. The fourth-order valence-corrected chi connectivity index (χ4v) is 4.71. The van der Waals surface area contributed by atoms with Crippen LogP contribution in [0.1, 0.15) is 56.3 Å². The van der Waals surface area contributed by atoms with Crippen molar-refractivity contribution >= 4 is 12.2 Å². The standard InChI is InChI=1S/C24H31N3O2/c1-3-8-21-17(2)22(27-16-25-14-23(21)27)15-26-24(28)18-9-7-12-20(13-18)29-19-10-5-4-6-11-19/h3,7-9,12-13,16,19,22-23H,4-6,10-11,14-15H2,1-2H3,(H,26,28)/b8-3-. The maximum absolute atomic E-state index is 12.8. The SMILES string of the molecule is C/C=C\C1=C(C)C(CNC(=O)c2cccc(OC3CCCCC3)c2)N2C=NCC12. The predicted octanol–water partition coefficient (Wildman–Crippen LogP) is 4.12. The molecule has 4 rings (SSSR count). The van der Waals surface area contributed by atoms with Gasteiger partial charge in [-0.2, -0.15) is 0 Å². The number of amides is 1. The fraction of sp³-hybridized carbons (Fsp3) is 0.500. The molecule has 1 amide bonds. The number of nitrogens with zero attached hydrogens (tertiary/aromatic N) is 2. The Kier molecular flexibility index (Phi) is 6.02. The molecule has 1 aromatic rings. The first kappa shape index (κ1) is 19.7. The zero-order valence-corrected chi connectivity index (χ0v) is 17.4. The van der Waals surface area contributed by atoms with E-state index in [1.165, 1.54) is 30.4 Å². The van der Waals surface area contributed by atoms with Gasteiger partial charge in [-0.25, -0.2) is 0 Å². The van der Waals surface area contributed by atoms with E-state index in [1.54, 1.807) is 0 Å². The van der Waals surface area contributed by atoms with Crippen molar-refractivity contribution in [3.05, 3.63) is 53.1 Å². The molecule has 1 saturated carbocycles. The zero-order chi connectivity index (χ0) is 20.2. The van der Waals surface area contributed by atoms with Crippen LogP contribution >= 0.6 is 0 Å². The van der Waals surface area contributed by atoms with Gasteiger partial charge in [0.05, 0.1) is 31.1 Å². The third-order valence-corrected chi connectivity index (χ3v) is 6.28. The van der Waals surface area contributed by atoms with Crippen LogP contribution in [0.2, 0.25) is 0 Å². The highest BCUT2D eigenvalue weighted by Gasteiger charge is 2.38. The highest BCUT2D eigenvalue weighted by molar-refractivity contribution is 5.94. The Morgan fingerprint density at radius 1 is 1.31 bits per heavy atom. The van der Waals surface area contributed by atoms with Gasteiger partial charge in [0.25, 0.3) is 5.91 Å². The Labute approximate surface area is 173 Å². The highest BCUT2D eigenvalue weighted by Crippen LogP contribution is 2.32. The molecule has 2 heterocycles. The van der Waals surface area contributed by atoms with Crippen LogP contribution in [0.3, 0.4) is 0 Å². The van der Waals surface area contributed by atoms with Gasteiger partial charge in [0.15, 0.2) is 0 Å². The number of aliphatic imine (C=N–C) groups is 1. The molecular formula is C24H31N3O2. The van der Waals surface area contributed by atoms with Gasteiger partial charge in [-0.05, 0) is 68.9 Å². The lowest BCUT2D eigenvalue weighted by atomic mass is 9.98. The van der Waals surface area contributed by atoms with Gasteiger partial charge in [-0.15, -0.1) is 0 Å². The van der Waals surface area contributed by atoms with Crippen LogP contribution < -0.4 is 10.1 Å². The van der Waals surface area contributed by atoms with Crippen molar-refractivity contribution in [2.45, 2.75) is 64.1 Å². The maximum atomic E-state index is 12.8. The summed E-state index contributed by atoms with van der Waals surface area (Å²) in [6.45, 7) is 5.57. The van der Waals surface area contributed by atoms with Gasteiger partial charge in [0.2, 0.25) is 0 Å². The molecule has 1 fully saturated rings. The molecule has 0 aromatic heterocycles. The first-order valence-corrected chi connectivity index (χ1v) is 10.8. The van der Waals surface area contributed by atoms with Gasteiger partial charge in [0, 0.05) is 12.1 Å². The third-order valence-electron chi connectivity index (χ3n) is 6.28. The minimum Gasteiger partial charge on any atom is -0.490 e. The molecule has 5 heteroatoms. The number of allylic oxidation sites excluding steroid dienone is 1. The summed E-state index contributed by atoms with van der Waals surface area (Å²) in [5, 5.41) is 3.12. The highest BCUT2D eigenvalue weighted by atomic mass is 16.5. The Balaban J connectivity index is 1.39. The predicted molar refractivity (Wildman–Crippen MR) is 117 cm³/mol. The van der Waals surface area contributed by atoms with Gasteiger partial charge in [0.1, 0.15) is 5.75 Å². The molecule has 2 unspecified atom stereocenters. The number of ether oxygens (including phenoxy) is 1. The summed E-state index contributed by atoms with van der Waals surface area (Å²) in [7, 11) is 0. The first-order valence-electron chi connectivity index (χ1n) is 10.8. The number of hydrogen-bond donors (Lipinski definition) is 1. The van der Waals surface area contributed by atoms with Crippen LogP contribution in [0.5, 0.6) is 5.75 Å². The molecule has 0 bridgehead atoms. The number of rotatable bonds is 6. The molecule has 0 radical (unpaired) electrons. The van der Waals surface area contributed by atoms with Gasteiger partial charge in [-0.1, -0.05) is 24.6 Å². The van der Waals surface area contributed by atoms with Crippen LogP contribution in [-0.4, -0.2) is 48.4 Å². The van der Waals surface area contributed by atoms with Crippen LogP contribution in [0.15, 0.2) is 52.6 Å². The van der Waals surface area contributed by atoms with Crippen LogP contribution in [0, 0.1) is 0 Å². The molecule has 1 aromatic carbocycles. The van der Waals surface area contributed by atoms with Crippen molar-refractivity contribution in [1.29, 1.82) is 0 Å². The molecule has 2 atom stereocenters. The molecule has 0 spiro atoms. The van der Waals surface area contributed by atoms with Crippen molar-refractivity contribution in [1.82, 2.24) is 10.2 Å². The largest absolute Gasteiger partial charge is 0.490 e. The van der Waals surface area contributed by atoms with E-state index in [1.807, 2.05) is 37.5 Å². The van der Waals surface area contributed by atoms with E-state index in [9.17, 15) is 4.79 Å². The molecule has 1 aliphatic carbocycles. The number of carbonyl (C=O) groups is 1. The van der Waals surface area contributed by atoms with Crippen molar-refractivity contribution in [2.75, 3.05) is 13.1 Å². The van der Waals surface area contributed by atoms with Crippen molar-refractivity contribution in [3.8, 4) is 5.75 Å². The number of carbonyl (C=O) groups excluding carboxylic acids is 1. The number of benzene rings is 1. The van der Waals surface area contributed by atoms with Crippen LogP contribution in [0.4, 0.5) is 0 Å². The van der Waals surface area contributed by atoms with Crippen molar-refractivity contribution in [3.63, 3.8) is 0 Å². The summed E-state index contributed by atoms with van der Waals surface area (Å²) >= 11 is 0. The van der Waals surface area contributed by atoms with E-state index in [2.05, 4.69) is 34.3 Å². The van der Waals surface area contributed by atoms with E-state index in [0.717, 1.165) is 25.1 Å². The second-order valence-electron chi connectivity index (χ2n) is 8.21. The molecule has 5 nitrogen and oxygen atoms in total. The second kappa shape index (κ2) is 8.85. The number of hydrogen-bond acceptors (Lipinski definition) is 4. The van der Waals surface area contributed by atoms with E-state index in [-0.39, 0.29) is 18.1 Å². The summed E-state index contributed by atoms with van der Waals surface area (Å²) in [5.74, 6) is 0.739. The normalized spacial score (nSPS) is 24.4. The van der Waals surface area contributed by atoms with E-state index < -0.39 is 0 Å². The smallest absolute Gasteiger partial charge is 0.251 e. The van der Waals surface area contributed by atoms with Gasteiger partial charge in [-0.3, -0.25) is 9.79 Å². The minimum atomic E-state index is -0.0564. The molecule has 1 N–H and O–H groups in total. The van der Waals surface area contributed by atoms with Crippen LogP contribution in [0.25, 0.3) is 0 Å². The van der Waals surface area contributed by atoms with Crippen LogP contribution in [-0.2, 0) is 0 Å². The lowest BCUT2D eigenvalue weighted by Crippen LogP contribution is -2.43. The molecule has 154 valence electrons. The second-order valence-corrected chi connectivity index (χ2v) is 8.21. The van der Waals surface area contributed by atoms with Crippen molar-refractivity contribution in [2.24, 2.45) is 4.99 Å². The zero-order valence-electron chi connectivity index (χ0n) is 17.4. The summed E-state index contributed by atoms with van der Waals surface area (Å²) in [6.07, 6.45) is 12.4. The molecular weight excluding hydrogens is 362 g/mol. The average Bonchev–Trinajstić information content (AvgIpc) is 3.30. The van der Waals surface area contributed by atoms with E-state index in [0.29, 0.717) is 18.2 Å². The summed E-state index contributed by atoms with van der Waals surface area (Å²) < 4.78 is 6.12. The Hall–Kier alpha value is -2.56. The molecule has 0 saturated heterocycles. The Morgan fingerprint density at radius 3 is 2.93 bits per heavy atom. The third kappa shape index (κ3) is 4.24. The quantitative estimate of drug-likeness (QED) is 0.791. The van der Waals surface area contributed by atoms with Gasteiger partial charge < -0.3 is 15.0 Å². The molecule has 2 aliphatic heterocycles. The molecule has 29 heavy (non-hydrogen) atoms. The Morgan fingerprint density at radius 2 is 2.14 bits per heavy atom. The summed E-state index contributed by atoms with van der Waals surface area (Å²) in [4.78, 5) is 19.5. The number of nitrogens with one attached hydrogen (secondary N) is 1. The monoisotopic (exact) mass is 393 g/mol. The fourth-order valence-electron chi connectivity index (χ4n) is 4.71. The summed E-state index contributed by atoms with van der Waals surface area (Å²) in [5.41, 5.74) is 3.29. The minimum absolute atomic E-state index is 0.0564. The maximum Gasteiger partial charge on any atom is 0.251 e. The first-order chi connectivity index (χ1) is 14.2. The Bertz CT molecular complexity index is 836. The van der Waals surface area contributed by atoms with E-state index >= 15 is 0 Å². The topological polar surface area (TPSA) is 53.9 Å². The number of fused-ring (bicyclic) bond motifs is 1. The lowest BCUT2D eigenvalue weighted by Gasteiger charge is -2.25. The summed E-state index contributed by atoms with van der Waals surface area (Å²) in [6, 6.07) is 8.03. The van der Waals surface area contributed by atoms with Gasteiger partial charge >= 0.3 is 0 Å².